The molecule has 3 heteroatoms. The Balaban J connectivity index is 2.81. The van der Waals surface area contributed by atoms with Gasteiger partial charge < -0.3 is 9.80 Å². The predicted molar refractivity (Wildman–Crippen MR) is 72.9 cm³/mol. The van der Waals surface area contributed by atoms with Gasteiger partial charge in [0.1, 0.15) is 6.29 Å². The average molecular weight is 234 g/mol. The van der Waals surface area contributed by atoms with Crippen molar-refractivity contribution in [1.82, 2.24) is 4.90 Å². The first-order valence-electron chi connectivity index (χ1n) is 6.05. The molecule has 0 saturated heterocycles. The van der Waals surface area contributed by atoms with Crippen molar-refractivity contribution in [3.63, 3.8) is 0 Å². The van der Waals surface area contributed by atoms with Gasteiger partial charge in [-0.15, -0.1) is 0 Å². The van der Waals surface area contributed by atoms with Gasteiger partial charge in [0.05, 0.1) is 0 Å². The van der Waals surface area contributed by atoms with Crippen LogP contribution in [-0.2, 0) is 0 Å². The topological polar surface area (TPSA) is 23.6 Å². The van der Waals surface area contributed by atoms with Crippen molar-refractivity contribution in [2.75, 3.05) is 32.1 Å². The number of rotatable bonds is 6. The van der Waals surface area contributed by atoms with E-state index in [1.54, 1.807) is 0 Å². The summed E-state index contributed by atoms with van der Waals surface area (Å²) >= 11 is 0. The van der Waals surface area contributed by atoms with E-state index in [2.05, 4.69) is 37.7 Å². The van der Waals surface area contributed by atoms with Crippen LogP contribution in [-0.4, -0.2) is 44.4 Å². The SMILES string of the molecule is CCN(c1ccc(C=O)cc1)C(C)CN(C)C. The van der Waals surface area contributed by atoms with Gasteiger partial charge in [-0.25, -0.2) is 0 Å². The molecule has 0 bridgehead atoms. The largest absolute Gasteiger partial charge is 0.368 e. The van der Waals surface area contributed by atoms with Crippen LogP contribution in [0.3, 0.4) is 0 Å². The molecule has 0 spiro atoms. The number of hydrogen-bond acceptors (Lipinski definition) is 3. The first-order valence-corrected chi connectivity index (χ1v) is 6.05. The van der Waals surface area contributed by atoms with Crippen molar-refractivity contribution in [3.8, 4) is 0 Å². The van der Waals surface area contributed by atoms with Gasteiger partial charge in [0.2, 0.25) is 0 Å². The zero-order chi connectivity index (χ0) is 12.8. The zero-order valence-electron chi connectivity index (χ0n) is 11.2. The Hall–Kier alpha value is -1.35. The van der Waals surface area contributed by atoms with E-state index in [1.165, 1.54) is 5.69 Å². The van der Waals surface area contributed by atoms with Gasteiger partial charge in [-0.1, -0.05) is 0 Å². The number of likely N-dealkylation sites (N-methyl/N-ethyl adjacent to an activating group) is 2. The van der Waals surface area contributed by atoms with Crippen LogP contribution in [0.4, 0.5) is 5.69 Å². The molecule has 0 N–H and O–H groups in total. The van der Waals surface area contributed by atoms with Crippen LogP contribution in [0, 0.1) is 0 Å². The first kappa shape index (κ1) is 13.7. The number of carbonyl (C=O) groups excluding carboxylic acids is 1. The molecule has 0 radical (unpaired) electrons. The molecular weight excluding hydrogens is 212 g/mol. The smallest absolute Gasteiger partial charge is 0.150 e. The summed E-state index contributed by atoms with van der Waals surface area (Å²) in [5.74, 6) is 0. The van der Waals surface area contributed by atoms with Crippen molar-refractivity contribution in [1.29, 1.82) is 0 Å². The molecular formula is C14H22N2O. The fraction of sp³-hybridized carbons (Fsp3) is 0.500. The molecule has 17 heavy (non-hydrogen) atoms. The second-order valence-electron chi connectivity index (χ2n) is 4.61. The molecule has 1 atom stereocenters. The van der Waals surface area contributed by atoms with E-state index >= 15 is 0 Å². The molecule has 0 aliphatic heterocycles. The van der Waals surface area contributed by atoms with Crippen LogP contribution in [0.15, 0.2) is 24.3 Å². The summed E-state index contributed by atoms with van der Waals surface area (Å²) in [6.07, 6.45) is 0.878. The fourth-order valence-corrected chi connectivity index (χ4v) is 2.12. The lowest BCUT2D eigenvalue weighted by Gasteiger charge is -2.32. The van der Waals surface area contributed by atoms with Crippen LogP contribution < -0.4 is 4.90 Å². The Morgan fingerprint density at radius 3 is 2.24 bits per heavy atom. The maximum absolute atomic E-state index is 10.6. The highest BCUT2D eigenvalue weighted by molar-refractivity contribution is 5.75. The number of aldehydes is 1. The van der Waals surface area contributed by atoms with Gasteiger partial charge in [0.25, 0.3) is 0 Å². The van der Waals surface area contributed by atoms with Crippen LogP contribution in [0.5, 0.6) is 0 Å². The molecule has 0 fully saturated rings. The molecule has 0 saturated carbocycles. The summed E-state index contributed by atoms with van der Waals surface area (Å²) in [4.78, 5) is 15.1. The Morgan fingerprint density at radius 1 is 1.24 bits per heavy atom. The maximum Gasteiger partial charge on any atom is 0.150 e. The van der Waals surface area contributed by atoms with E-state index in [1.807, 2.05) is 24.3 Å². The zero-order valence-corrected chi connectivity index (χ0v) is 11.2. The molecule has 0 aliphatic rings. The van der Waals surface area contributed by atoms with Crippen molar-refractivity contribution in [2.24, 2.45) is 0 Å². The minimum absolute atomic E-state index is 0.456. The Labute approximate surface area is 104 Å². The summed E-state index contributed by atoms with van der Waals surface area (Å²) in [5.41, 5.74) is 1.90. The second kappa shape index (κ2) is 6.40. The third-order valence-corrected chi connectivity index (χ3v) is 2.86. The fourth-order valence-electron chi connectivity index (χ4n) is 2.12. The molecule has 0 aromatic heterocycles. The molecule has 0 amide bonds. The lowest BCUT2D eigenvalue weighted by Crippen LogP contribution is -2.40. The van der Waals surface area contributed by atoms with E-state index in [4.69, 9.17) is 0 Å². The summed E-state index contributed by atoms with van der Waals surface area (Å²) in [7, 11) is 4.17. The average Bonchev–Trinajstić information content (AvgIpc) is 2.30. The highest BCUT2D eigenvalue weighted by Gasteiger charge is 2.13. The molecule has 3 nitrogen and oxygen atoms in total. The summed E-state index contributed by atoms with van der Waals surface area (Å²) in [5, 5.41) is 0. The maximum atomic E-state index is 10.6. The van der Waals surface area contributed by atoms with Gasteiger partial charge in [0, 0.05) is 30.4 Å². The summed E-state index contributed by atoms with van der Waals surface area (Å²) in [6.45, 7) is 6.36. The van der Waals surface area contributed by atoms with E-state index < -0.39 is 0 Å². The highest BCUT2D eigenvalue weighted by Crippen LogP contribution is 2.17. The molecule has 0 heterocycles. The Morgan fingerprint density at radius 2 is 1.82 bits per heavy atom. The summed E-state index contributed by atoms with van der Waals surface area (Å²) in [6, 6.07) is 8.22. The molecule has 1 aromatic rings. The molecule has 1 rings (SSSR count). The molecule has 0 aliphatic carbocycles. The van der Waals surface area contributed by atoms with Crippen LogP contribution in [0.1, 0.15) is 24.2 Å². The van der Waals surface area contributed by atoms with Crippen molar-refractivity contribution in [3.05, 3.63) is 29.8 Å². The Bertz CT molecular complexity index is 346. The van der Waals surface area contributed by atoms with Crippen molar-refractivity contribution < 1.29 is 4.79 Å². The normalized spacial score (nSPS) is 12.5. The lowest BCUT2D eigenvalue weighted by molar-refractivity contribution is 0.112. The van der Waals surface area contributed by atoms with E-state index in [-0.39, 0.29) is 0 Å². The van der Waals surface area contributed by atoms with E-state index in [9.17, 15) is 4.79 Å². The molecule has 1 aromatic carbocycles. The van der Waals surface area contributed by atoms with Gasteiger partial charge in [-0.05, 0) is 52.2 Å². The number of hydrogen-bond donors (Lipinski definition) is 0. The van der Waals surface area contributed by atoms with E-state index in [0.717, 1.165) is 24.9 Å². The van der Waals surface area contributed by atoms with Gasteiger partial charge in [-0.2, -0.15) is 0 Å². The van der Waals surface area contributed by atoms with Gasteiger partial charge >= 0.3 is 0 Å². The summed E-state index contributed by atoms with van der Waals surface area (Å²) < 4.78 is 0. The Kier molecular flexibility index (Phi) is 5.16. The van der Waals surface area contributed by atoms with E-state index in [0.29, 0.717) is 6.04 Å². The van der Waals surface area contributed by atoms with Crippen LogP contribution in [0.25, 0.3) is 0 Å². The number of anilines is 1. The monoisotopic (exact) mass is 234 g/mol. The number of nitrogens with zero attached hydrogens (tertiary/aromatic N) is 2. The second-order valence-corrected chi connectivity index (χ2v) is 4.61. The standard InChI is InChI=1S/C14H22N2O/c1-5-16(12(2)10-15(3)4)14-8-6-13(11-17)7-9-14/h6-9,11-12H,5,10H2,1-4H3. The minimum Gasteiger partial charge on any atom is -0.368 e. The molecule has 94 valence electrons. The quantitative estimate of drug-likeness (QED) is 0.705. The highest BCUT2D eigenvalue weighted by atomic mass is 16.1. The number of benzene rings is 1. The van der Waals surface area contributed by atoms with Crippen molar-refractivity contribution >= 4 is 12.0 Å². The lowest BCUT2D eigenvalue weighted by atomic mass is 10.1. The van der Waals surface area contributed by atoms with Crippen LogP contribution in [0.2, 0.25) is 0 Å². The van der Waals surface area contributed by atoms with Crippen LogP contribution >= 0.6 is 0 Å². The van der Waals surface area contributed by atoms with Gasteiger partial charge in [0.15, 0.2) is 0 Å². The first-order chi connectivity index (χ1) is 8.08. The predicted octanol–water partition coefficient (Wildman–Crippen LogP) is 2.28. The van der Waals surface area contributed by atoms with Gasteiger partial charge in [-0.3, -0.25) is 4.79 Å². The third-order valence-electron chi connectivity index (χ3n) is 2.86. The third kappa shape index (κ3) is 3.86. The molecule has 1 unspecified atom stereocenters. The van der Waals surface area contributed by atoms with Crippen molar-refractivity contribution in [2.45, 2.75) is 19.9 Å². The number of carbonyl (C=O) groups is 1. The minimum atomic E-state index is 0.456.